The van der Waals surface area contributed by atoms with E-state index in [9.17, 15) is 9.18 Å². The number of hydrogen-bond donors (Lipinski definition) is 3. The van der Waals surface area contributed by atoms with Gasteiger partial charge in [0.15, 0.2) is 0 Å². The van der Waals surface area contributed by atoms with E-state index in [0.29, 0.717) is 30.0 Å². The molecule has 2 aromatic carbocycles. The van der Waals surface area contributed by atoms with Crippen molar-refractivity contribution in [1.29, 1.82) is 0 Å². The van der Waals surface area contributed by atoms with Crippen LogP contribution >= 0.6 is 0 Å². The van der Waals surface area contributed by atoms with E-state index in [1.54, 1.807) is 18.2 Å². The zero-order valence-corrected chi connectivity index (χ0v) is 19.1. The minimum absolute atomic E-state index is 0.176. The number of aromatic nitrogens is 2. The van der Waals surface area contributed by atoms with Gasteiger partial charge in [-0.3, -0.25) is 0 Å². The fourth-order valence-electron chi connectivity index (χ4n) is 4.28. The molecular weight excluding hydrogens is 419 g/mol. The van der Waals surface area contributed by atoms with Crippen molar-refractivity contribution in [3.05, 3.63) is 59.9 Å². The van der Waals surface area contributed by atoms with Gasteiger partial charge in [0.25, 0.3) is 0 Å². The number of carbonyl (C=O) groups excluding carboxylic acids is 1. The summed E-state index contributed by atoms with van der Waals surface area (Å²) in [6, 6.07) is 14.5. The number of para-hydroxylation sites is 1. The second-order valence-electron chi connectivity index (χ2n) is 8.80. The first-order valence-electron chi connectivity index (χ1n) is 11.5. The maximum atomic E-state index is 13.7. The maximum Gasteiger partial charge on any atom is 0.315 e. The number of amides is 2. The fourth-order valence-corrected chi connectivity index (χ4v) is 4.28. The first kappa shape index (κ1) is 22.8. The van der Waals surface area contributed by atoms with Crippen LogP contribution in [0.1, 0.15) is 31.2 Å². The van der Waals surface area contributed by atoms with Crippen molar-refractivity contribution in [2.24, 2.45) is 5.92 Å². The summed E-state index contributed by atoms with van der Waals surface area (Å²) in [5.74, 6) is 1.68. The number of halogens is 1. The number of carbonyl (C=O) groups is 1. The Bertz CT molecular complexity index is 1100. The van der Waals surface area contributed by atoms with Crippen LogP contribution in [0.5, 0.6) is 0 Å². The predicted octanol–water partition coefficient (Wildman–Crippen LogP) is 4.31. The molecule has 0 unspecified atom stereocenters. The smallest absolute Gasteiger partial charge is 0.315 e. The molecule has 1 heterocycles. The Balaban J connectivity index is 1.24. The Morgan fingerprint density at radius 3 is 2.48 bits per heavy atom. The van der Waals surface area contributed by atoms with E-state index in [-0.39, 0.29) is 18.4 Å². The molecule has 1 aliphatic rings. The average Bonchev–Trinajstić information content (AvgIpc) is 2.82. The lowest BCUT2D eigenvalue weighted by atomic mass is 9.86. The molecule has 1 aliphatic carbocycles. The van der Waals surface area contributed by atoms with Crippen molar-refractivity contribution >= 4 is 28.7 Å². The number of fused-ring (bicyclic) bond motifs is 1. The normalized spacial score (nSPS) is 18.0. The van der Waals surface area contributed by atoms with Gasteiger partial charge in [-0.15, -0.1) is 0 Å². The van der Waals surface area contributed by atoms with Crippen LogP contribution < -0.4 is 20.9 Å². The highest BCUT2D eigenvalue weighted by Crippen LogP contribution is 2.28. The molecule has 1 fully saturated rings. The minimum atomic E-state index is -0.309. The first-order valence-corrected chi connectivity index (χ1v) is 11.5. The standard InChI is InChI=1S/C25H31FN6O/c1-32(2)23-20-8-4-6-10-22(20)30-24(31-23)29-19-13-11-17(12-14-19)15-27-25(33)28-16-18-7-3-5-9-21(18)26/h3-10,17,19H,11-16H2,1-2H3,(H2,27,28,33)(H,29,30,31). The largest absolute Gasteiger partial charge is 0.362 e. The summed E-state index contributed by atoms with van der Waals surface area (Å²) >= 11 is 0. The van der Waals surface area contributed by atoms with E-state index >= 15 is 0 Å². The van der Waals surface area contributed by atoms with E-state index in [1.165, 1.54) is 6.07 Å². The number of anilines is 2. The number of nitrogens with one attached hydrogen (secondary N) is 3. The minimum Gasteiger partial charge on any atom is -0.362 e. The molecule has 3 aromatic rings. The van der Waals surface area contributed by atoms with Gasteiger partial charge < -0.3 is 20.9 Å². The van der Waals surface area contributed by atoms with E-state index in [1.807, 2.05) is 43.3 Å². The van der Waals surface area contributed by atoms with Gasteiger partial charge in [0, 0.05) is 44.2 Å². The number of urea groups is 1. The molecule has 2 amide bonds. The van der Waals surface area contributed by atoms with Crippen molar-refractivity contribution in [2.45, 2.75) is 38.3 Å². The highest BCUT2D eigenvalue weighted by Gasteiger charge is 2.22. The second-order valence-corrected chi connectivity index (χ2v) is 8.80. The molecule has 7 nitrogen and oxygen atoms in total. The molecule has 0 bridgehead atoms. The molecule has 174 valence electrons. The average molecular weight is 451 g/mol. The Morgan fingerprint density at radius 2 is 1.73 bits per heavy atom. The van der Waals surface area contributed by atoms with Crippen molar-refractivity contribution < 1.29 is 9.18 Å². The molecule has 4 rings (SSSR count). The summed E-state index contributed by atoms with van der Waals surface area (Å²) in [5, 5.41) is 10.2. The summed E-state index contributed by atoms with van der Waals surface area (Å²) in [7, 11) is 3.98. The molecule has 0 saturated heterocycles. The zero-order valence-electron chi connectivity index (χ0n) is 19.1. The van der Waals surface area contributed by atoms with Gasteiger partial charge in [0.2, 0.25) is 5.95 Å². The Labute approximate surface area is 193 Å². The molecule has 8 heteroatoms. The quantitative estimate of drug-likeness (QED) is 0.500. The van der Waals surface area contributed by atoms with Gasteiger partial charge in [-0.05, 0) is 49.8 Å². The lowest BCUT2D eigenvalue weighted by Crippen LogP contribution is -2.39. The monoisotopic (exact) mass is 450 g/mol. The van der Waals surface area contributed by atoms with Crippen LogP contribution in [0.3, 0.4) is 0 Å². The summed E-state index contributed by atoms with van der Waals surface area (Å²) in [6.45, 7) is 0.795. The number of rotatable bonds is 7. The zero-order chi connectivity index (χ0) is 23.2. The molecule has 0 atom stereocenters. The van der Waals surface area contributed by atoms with Crippen LogP contribution in [0, 0.1) is 11.7 Å². The third-order valence-corrected chi connectivity index (χ3v) is 6.14. The van der Waals surface area contributed by atoms with Crippen LogP contribution in [0.2, 0.25) is 0 Å². The Kier molecular flexibility index (Phi) is 7.22. The van der Waals surface area contributed by atoms with Crippen molar-refractivity contribution in [3.8, 4) is 0 Å². The summed E-state index contributed by atoms with van der Waals surface area (Å²) < 4.78 is 13.7. The van der Waals surface area contributed by atoms with Gasteiger partial charge >= 0.3 is 6.03 Å². The van der Waals surface area contributed by atoms with Crippen molar-refractivity contribution in [3.63, 3.8) is 0 Å². The van der Waals surface area contributed by atoms with E-state index < -0.39 is 0 Å². The summed E-state index contributed by atoms with van der Waals surface area (Å²) in [6.07, 6.45) is 4.02. The van der Waals surface area contributed by atoms with Crippen LogP contribution in [-0.2, 0) is 6.54 Å². The van der Waals surface area contributed by atoms with Gasteiger partial charge in [0.05, 0.1) is 5.52 Å². The fraction of sp³-hybridized carbons (Fsp3) is 0.400. The molecule has 33 heavy (non-hydrogen) atoms. The van der Waals surface area contributed by atoms with Crippen LogP contribution in [0.25, 0.3) is 10.9 Å². The SMILES string of the molecule is CN(C)c1nc(NC2CCC(CNC(=O)NCc3ccccc3F)CC2)nc2ccccc12. The summed E-state index contributed by atoms with van der Waals surface area (Å²) in [5.41, 5.74) is 1.41. The highest BCUT2D eigenvalue weighted by atomic mass is 19.1. The summed E-state index contributed by atoms with van der Waals surface area (Å²) in [4.78, 5) is 23.5. The first-order chi connectivity index (χ1) is 16.0. The predicted molar refractivity (Wildman–Crippen MR) is 130 cm³/mol. The van der Waals surface area contributed by atoms with Crippen LogP contribution in [0.15, 0.2) is 48.5 Å². The van der Waals surface area contributed by atoms with E-state index in [4.69, 9.17) is 9.97 Å². The molecule has 0 aliphatic heterocycles. The molecule has 0 radical (unpaired) electrons. The maximum absolute atomic E-state index is 13.7. The topological polar surface area (TPSA) is 82.2 Å². The van der Waals surface area contributed by atoms with E-state index in [0.717, 1.165) is 42.4 Å². The van der Waals surface area contributed by atoms with Crippen molar-refractivity contribution in [1.82, 2.24) is 20.6 Å². The second kappa shape index (κ2) is 10.5. The van der Waals surface area contributed by atoms with Crippen LogP contribution in [0.4, 0.5) is 21.0 Å². The molecule has 1 saturated carbocycles. The molecule has 3 N–H and O–H groups in total. The third-order valence-electron chi connectivity index (χ3n) is 6.14. The number of benzene rings is 2. The Morgan fingerprint density at radius 1 is 1.00 bits per heavy atom. The lowest BCUT2D eigenvalue weighted by Gasteiger charge is -2.29. The highest BCUT2D eigenvalue weighted by molar-refractivity contribution is 5.90. The number of nitrogens with zero attached hydrogens (tertiary/aromatic N) is 3. The molecule has 0 spiro atoms. The van der Waals surface area contributed by atoms with Gasteiger partial charge in [0.1, 0.15) is 11.6 Å². The molecular formula is C25H31FN6O. The Hall–Kier alpha value is -3.42. The van der Waals surface area contributed by atoms with Crippen LogP contribution in [-0.4, -0.2) is 42.7 Å². The number of hydrogen-bond acceptors (Lipinski definition) is 5. The lowest BCUT2D eigenvalue weighted by molar-refractivity contribution is 0.235. The van der Waals surface area contributed by atoms with Gasteiger partial charge in [-0.1, -0.05) is 30.3 Å². The molecule has 1 aromatic heterocycles. The van der Waals surface area contributed by atoms with Gasteiger partial charge in [-0.25, -0.2) is 14.2 Å². The van der Waals surface area contributed by atoms with Gasteiger partial charge in [-0.2, -0.15) is 4.98 Å². The van der Waals surface area contributed by atoms with E-state index in [2.05, 4.69) is 16.0 Å². The van der Waals surface area contributed by atoms with Crippen molar-refractivity contribution in [2.75, 3.05) is 30.9 Å². The third kappa shape index (κ3) is 5.88.